The molecule has 0 bridgehead atoms. The lowest BCUT2D eigenvalue weighted by Crippen LogP contribution is -2.37. The van der Waals surface area contributed by atoms with E-state index in [-0.39, 0.29) is 28.1 Å². The number of anilines is 1. The number of nitrogens with one attached hydrogen (secondary N) is 1. The van der Waals surface area contributed by atoms with Gasteiger partial charge in [-0.25, -0.2) is 17.8 Å². The van der Waals surface area contributed by atoms with Crippen molar-refractivity contribution in [1.29, 1.82) is 0 Å². The molecule has 0 radical (unpaired) electrons. The van der Waals surface area contributed by atoms with Gasteiger partial charge in [0.2, 0.25) is 5.91 Å². The van der Waals surface area contributed by atoms with Gasteiger partial charge in [-0.05, 0) is 50.5 Å². The number of hydrogen-bond donors (Lipinski definition) is 1. The molecule has 4 rings (SSSR count). The molecule has 1 amide bonds. The Morgan fingerprint density at radius 2 is 2.00 bits per heavy atom. The summed E-state index contributed by atoms with van der Waals surface area (Å²) < 4.78 is 43.5. The fraction of sp³-hybridized carbons (Fsp3) is 0.333. The number of carbonyl (C=O) groups excluding carboxylic acids is 1. The van der Waals surface area contributed by atoms with Gasteiger partial charge in [0.15, 0.2) is 0 Å². The van der Waals surface area contributed by atoms with Crippen LogP contribution in [0.15, 0.2) is 40.7 Å². The van der Waals surface area contributed by atoms with Crippen LogP contribution in [0.5, 0.6) is 0 Å². The first-order valence-electron chi connectivity index (χ1n) is 10.1. The molecule has 1 saturated heterocycles. The summed E-state index contributed by atoms with van der Waals surface area (Å²) >= 11 is 7.15. The summed E-state index contributed by atoms with van der Waals surface area (Å²) in [4.78, 5) is 19.1. The second-order valence-electron chi connectivity index (χ2n) is 7.66. The van der Waals surface area contributed by atoms with Crippen molar-refractivity contribution in [2.75, 3.05) is 17.8 Å². The number of piperidine rings is 1. The Labute approximate surface area is 194 Å². The number of halogens is 2. The van der Waals surface area contributed by atoms with Crippen molar-refractivity contribution in [3.63, 3.8) is 0 Å². The number of carbonyl (C=O) groups is 1. The molecule has 3 aromatic rings. The normalized spacial score (nSPS) is 14.5. The van der Waals surface area contributed by atoms with Crippen LogP contribution in [-0.2, 0) is 21.4 Å². The zero-order chi connectivity index (χ0) is 22.9. The molecule has 0 saturated carbocycles. The van der Waals surface area contributed by atoms with Crippen molar-refractivity contribution in [3.8, 4) is 10.7 Å². The summed E-state index contributed by atoms with van der Waals surface area (Å²) in [5, 5.41) is 2.31. The minimum Gasteiger partial charge on any atom is -0.341 e. The summed E-state index contributed by atoms with van der Waals surface area (Å²) in [6.07, 6.45) is 4.49. The average Bonchev–Trinajstić information content (AvgIpc) is 3.38. The second-order valence-corrected chi connectivity index (χ2v) is 10.6. The first-order valence-corrected chi connectivity index (χ1v) is 12.9. The van der Waals surface area contributed by atoms with Gasteiger partial charge in [-0.15, -0.1) is 11.3 Å². The van der Waals surface area contributed by atoms with E-state index in [1.165, 1.54) is 35.7 Å². The van der Waals surface area contributed by atoms with E-state index in [0.717, 1.165) is 31.0 Å². The first kappa shape index (κ1) is 22.8. The van der Waals surface area contributed by atoms with Crippen molar-refractivity contribution in [3.05, 3.63) is 52.4 Å². The smallest absolute Gasteiger partial charge is 0.263 e. The van der Waals surface area contributed by atoms with Gasteiger partial charge in [0.05, 0.1) is 16.4 Å². The molecule has 0 spiro atoms. The lowest BCUT2D eigenvalue weighted by atomic mass is 10.1. The minimum atomic E-state index is -4.01. The van der Waals surface area contributed by atoms with Crippen molar-refractivity contribution in [1.82, 2.24) is 14.5 Å². The molecule has 7 nitrogen and oxygen atoms in total. The SMILES string of the molecule is Cc1csc(-c2cc(S(=O)(=O)Nc3ccc(F)c(Cl)c3)cn2CC(=O)N2CCCCC2)n1. The Hall–Kier alpha value is -2.43. The fourth-order valence-electron chi connectivity index (χ4n) is 3.57. The van der Waals surface area contributed by atoms with Crippen molar-refractivity contribution in [2.45, 2.75) is 37.6 Å². The molecule has 1 aliphatic rings. The van der Waals surface area contributed by atoms with Crippen molar-refractivity contribution >= 4 is 44.6 Å². The van der Waals surface area contributed by atoms with Crippen LogP contribution in [0.2, 0.25) is 5.02 Å². The number of amides is 1. The van der Waals surface area contributed by atoms with Gasteiger partial charge in [-0.3, -0.25) is 9.52 Å². The van der Waals surface area contributed by atoms with E-state index in [9.17, 15) is 17.6 Å². The minimum absolute atomic E-state index is 0.0197. The van der Waals surface area contributed by atoms with Gasteiger partial charge in [0, 0.05) is 30.4 Å². The molecular formula is C21H22ClFN4O3S2. The van der Waals surface area contributed by atoms with E-state index in [1.54, 1.807) is 4.57 Å². The molecule has 0 aliphatic carbocycles. The number of aromatic nitrogens is 2. The van der Waals surface area contributed by atoms with Crippen LogP contribution in [0, 0.1) is 12.7 Å². The van der Waals surface area contributed by atoms with E-state index in [1.807, 2.05) is 17.2 Å². The van der Waals surface area contributed by atoms with Gasteiger partial charge in [-0.1, -0.05) is 11.6 Å². The third-order valence-electron chi connectivity index (χ3n) is 5.21. The van der Waals surface area contributed by atoms with Crippen LogP contribution >= 0.6 is 22.9 Å². The molecular weight excluding hydrogens is 475 g/mol. The Balaban J connectivity index is 1.66. The molecule has 170 valence electrons. The number of benzene rings is 1. The number of sulfonamides is 1. The lowest BCUT2D eigenvalue weighted by Gasteiger charge is -2.27. The monoisotopic (exact) mass is 496 g/mol. The molecule has 1 fully saturated rings. The molecule has 1 N–H and O–H groups in total. The predicted octanol–water partition coefficient (Wildman–Crippen LogP) is 4.53. The molecule has 11 heteroatoms. The van der Waals surface area contributed by atoms with Gasteiger partial charge in [-0.2, -0.15) is 0 Å². The predicted molar refractivity (Wildman–Crippen MR) is 123 cm³/mol. The third kappa shape index (κ3) is 4.97. The van der Waals surface area contributed by atoms with Gasteiger partial charge in [0.25, 0.3) is 10.0 Å². The Morgan fingerprint density at radius 1 is 1.25 bits per heavy atom. The third-order valence-corrected chi connectivity index (χ3v) is 7.83. The molecule has 32 heavy (non-hydrogen) atoms. The van der Waals surface area contributed by atoms with Crippen LogP contribution in [0.4, 0.5) is 10.1 Å². The van der Waals surface area contributed by atoms with E-state index in [2.05, 4.69) is 9.71 Å². The van der Waals surface area contributed by atoms with Gasteiger partial charge in [0.1, 0.15) is 22.3 Å². The van der Waals surface area contributed by atoms with Crippen LogP contribution in [-0.4, -0.2) is 41.9 Å². The molecule has 0 unspecified atom stereocenters. The molecule has 3 heterocycles. The number of likely N-dealkylation sites (tertiary alicyclic amines) is 1. The van der Waals surface area contributed by atoms with E-state index in [4.69, 9.17) is 11.6 Å². The topological polar surface area (TPSA) is 84.3 Å². The lowest BCUT2D eigenvalue weighted by molar-refractivity contribution is -0.132. The highest BCUT2D eigenvalue weighted by molar-refractivity contribution is 7.92. The fourth-order valence-corrected chi connectivity index (χ4v) is 5.67. The summed E-state index contributed by atoms with van der Waals surface area (Å²) in [7, 11) is -4.01. The maximum atomic E-state index is 13.4. The van der Waals surface area contributed by atoms with Gasteiger partial charge >= 0.3 is 0 Å². The Bertz CT molecular complexity index is 1250. The van der Waals surface area contributed by atoms with Crippen molar-refractivity contribution in [2.24, 2.45) is 0 Å². The van der Waals surface area contributed by atoms with Crippen LogP contribution in [0.3, 0.4) is 0 Å². The number of thiazole rings is 1. The molecule has 2 aromatic heterocycles. The van der Waals surface area contributed by atoms with Crippen LogP contribution < -0.4 is 4.72 Å². The Kier molecular flexibility index (Phi) is 6.55. The van der Waals surface area contributed by atoms with Crippen LogP contribution in [0.25, 0.3) is 10.7 Å². The number of aryl methyl sites for hydroxylation is 1. The number of hydrogen-bond acceptors (Lipinski definition) is 5. The highest BCUT2D eigenvalue weighted by Gasteiger charge is 2.24. The maximum absolute atomic E-state index is 13.4. The van der Waals surface area contributed by atoms with Crippen molar-refractivity contribution < 1.29 is 17.6 Å². The zero-order valence-electron chi connectivity index (χ0n) is 17.3. The molecule has 1 aliphatic heterocycles. The highest BCUT2D eigenvalue weighted by atomic mass is 35.5. The van der Waals surface area contributed by atoms with E-state index >= 15 is 0 Å². The van der Waals surface area contributed by atoms with Crippen LogP contribution in [0.1, 0.15) is 25.0 Å². The van der Waals surface area contributed by atoms with E-state index < -0.39 is 15.8 Å². The molecule has 0 atom stereocenters. The van der Waals surface area contributed by atoms with E-state index in [0.29, 0.717) is 23.8 Å². The second kappa shape index (κ2) is 9.21. The largest absolute Gasteiger partial charge is 0.341 e. The summed E-state index contributed by atoms with van der Waals surface area (Å²) in [5.41, 5.74) is 1.50. The maximum Gasteiger partial charge on any atom is 0.263 e. The number of rotatable bonds is 6. The zero-order valence-corrected chi connectivity index (χ0v) is 19.7. The quantitative estimate of drug-likeness (QED) is 0.543. The highest BCUT2D eigenvalue weighted by Crippen LogP contribution is 2.29. The number of nitrogens with zero attached hydrogens (tertiary/aromatic N) is 3. The summed E-state index contributed by atoms with van der Waals surface area (Å²) in [6.45, 7) is 3.29. The summed E-state index contributed by atoms with van der Waals surface area (Å²) in [5.74, 6) is -0.699. The van der Waals surface area contributed by atoms with Gasteiger partial charge < -0.3 is 9.47 Å². The Morgan fingerprint density at radius 3 is 2.66 bits per heavy atom. The molecule has 1 aromatic carbocycles. The summed E-state index contributed by atoms with van der Waals surface area (Å²) in [6, 6.07) is 5.08. The standard InChI is InChI=1S/C21H22ClFN4O3S2/c1-14-13-31-21(24-14)19-10-16(11-27(19)12-20(28)26-7-3-2-4-8-26)32(29,30)25-15-5-6-18(23)17(22)9-15/h5-6,9-11,13,25H,2-4,7-8,12H2,1H3. The first-order chi connectivity index (χ1) is 15.2. The average molecular weight is 497 g/mol.